The molecule has 0 aromatic carbocycles. The minimum atomic E-state index is 0.571. The first-order valence-electron chi connectivity index (χ1n) is 5.09. The Morgan fingerprint density at radius 3 is 2.54 bits per heavy atom. The minimum absolute atomic E-state index is 0.571. The van der Waals surface area contributed by atoms with Gasteiger partial charge in [0.15, 0.2) is 0 Å². The predicted octanol–water partition coefficient (Wildman–Crippen LogP) is 1.43. The summed E-state index contributed by atoms with van der Waals surface area (Å²) in [6.45, 7) is 4.55. The monoisotopic (exact) mass is 189 g/mol. The van der Waals surface area contributed by atoms with Crippen LogP contribution in [0.5, 0.6) is 0 Å². The lowest BCUT2D eigenvalue weighted by Gasteiger charge is -2.15. The minimum Gasteiger partial charge on any atom is -0.385 e. The van der Waals surface area contributed by atoms with Gasteiger partial charge in [-0.15, -0.1) is 0 Å². The van der Waals surface area contributed by atoms with Crippen LogP contribution in [0.25, 0.3) is 0 Å². The van der Waals surface area contributed by atoms with Gasteiger partial charge in [-0.05, 0) is 33.2 Å². The fourth-order valence-electron chi connectivity index (χ4n) is 1.28. The van der Waals surface area contributed by atoms with Crippen LogP contribution >= 0.6 is 0 Å². The van der Waals surface area contributed by atoms with E-state index in [1.165, 1.54) is 0 Å². The van der Waals surface area contributed by atoms with E-state index < -0.39 is 0 Å². The van der Waals surface area contributed by atoms with Crippen LogP contribution in [0.4, 0.5) is 0 Å². The van der Waals surface area contributed by atoms with Crippen molar-refractivity contribution in [2.45, 2.75) is 32.2 Å². The zero-order valence-corrected chi connectivity index (χ0v) is 9.14. The second kappa shape index (κ2) is 9.96. The van der Waals surface area contributed by atoms with E-state index in [2.05, 4.69) is 5.32 Å². The van der Waals surface area contributed by atoms with Crippen LogP contribution in [0.3, 0.4) is 0 Å². The van der Waals surface area contributed by atoms with Crippen molar-refractivity contribution in [1.82, 2.24) is 5.32 Å². The number of ether oxygens (including phenoxy) is 2. The van der Waals surface area contributed by atoms with Crippen molar-refractivity contribution in [2.24, 2.45) is 0 Å². The van der Waals surface area contributed by atoms with Gasteiger partial charge >= 0.3 is 0 Å². The maximum Gasteiger partial charge on any atom is 0.0480 e. The molecule has 13 heavy (non-hydrogen) atoms. The first-order chi connectivity index (χ1) is 6.35. The highest BCUT2D eigenvalue weighted by molar-refractivity contribution is 4.63. The molecule has 0 aromatic heterocycles. The molecule has 0 aliphatic rings. The average Bonchev–Trinajstić information content (AvgIpc) is 2.16. The highest BCUT2D eigenvalue weighted by Gasteiger charge is 2.04. The van der Waals surface area contributed by atoms with Gasteiger partial charge in [-0.3, -0.25) is 0 Å². The van der Waals surface area contributed by atoms with E-state index in [4.69, 9.17) is 9.47 Å². The lowest BCUT2D eigenvalue weighted by atomic mass is 10.1. The zero-order chi connectivity index (χ0) is 9.94. The van der Waals surface area contributed by atoms with Crippen molar-refractivity contribution in [3.63, 3.8) is 0 Å². The van der Waals surface area contributed by atoms with E-state index in [9.17, 15) is 0 Å². The Morgan fingerprint density at radius 1 is 1.23 bits per heavy atom. The molecule has 80 valence electrons. The molecule has 0 aliphatic carbocycles. The third-order valence-corrected chi connectivity index (χ3v) is 2.12. The van der Waals surface area contributed by atoms with Crippen LogP contribution in [0.1, 0.15) is 26.2 Å². The molecule has 0 aliphatic heterocycles. The summed E-state index contributed by atoms with van der Waals surface area (Å²) in [4.78, 5) is 0. The van der Waals surface area contributed by atoms with Crippen LogP contribution in [0, 0.1) is 0 Å². The Balaban J connectivity index is 3.28. The molecular formula is C10H23NO2. The molecule has 0 radical (unpaired) electrons. The SMILES string of the molecule is CCOCCC(CCCOC)NC. The Hall–Kier alpha value is -0.120. The molecule has 3 heteroatoms. The van der Waals surface area contributed by atoms with Crippen molar-refractivity contribution in [3.05, 3.63) is 0 Å². The highest BCUT2D eigenvalue weighted by atomic mass is 16.5. The molecular weight excluding hydrogens is 166 g/mol. The van der Waals surface area contributed by atoms with Crippen LogP contribution in [-0.2, 0) is 9.47 Å². The van der Waals surface area contributed by atoms with Gasteiger partial charge in [0.1, 0.15) is 0 Å². The van der Waals surface area contributed by atoms with Crippen molar-refractivity contribution >= 4 is 0 Å². The van der Waals surface area contributed by atoms with Crippen LogP contribution in [0.2, 0.25) is 0 Å². The van der Waals surface area contributed by atoms with Crippen molar-refractivity contribution in [3.8, 4) is 0 Å². The van der Waals surface area contributed by atoms with Crippen molar-refractivity contribution in [2.75, 3.05) is 34.0 Å². The van der Waals surface area contributed by atoms with Gasteiger partial charge in [0.2, 0.25) is 0 Å². The van der Waals surface area contributed by atoms with E-state index in [-0.39, 0.29) is 0 Å². The van der Waals surface area contributed by atoms with E-state index in [1.54, 1.807) is 7.11 Å². The normalized spacial score (nSPS) is 13.2. The van der Waals surface area contributed by atoms with E-state index in [1.807, 2.05) is 14.0 Å². The summed E-state index contributed by atoms with van der Waals surface area (Å²) >= 11 is 0. The highest BCUT2D eigenvalue weighted by Crippen LogP contribution is 2.01. The first kappa shape index (κ1) is 12.9. The summed E-state index contributed by atoms with van der Waals surface area (Å²) in [6, 6.07) is 0.571. The fourth-order valence-corrected chi connectivity index (χ4v) is 1.28. The molecule has 0 rings (SSSR count). The molecule has 0 spiro atoms. The Labute approximate surface area is 81.8 Å². The van der Waals surface area contributed by atoms with Gasteiger partial charge in [0.25, 0.3) is 0 Å². The van der Waals surface area contributed by atoms with Gasteiger partial charge in [0.05, 0.1) is 0 Å². The van der Waals surface area contributed by atoms with E-state index in [0.717, 1.165) is 39.1 Å². The third kappa shape index (κ3) is 8.22. The average molecular weight is 189 g/mol. The standard InChI is InChI=1S/C10H23NO2/c1-4-13-9-7-10(11-2)6-5-8-12-3/h10-11H,4-9H2,1-3H3. The number of nitrogens with one attached hydrogen (secondary N) is 1. The summed E-state index contributed by atoms with van der Waals surface area (Å²) in [7, 11) is 3.75. The largest absolute Gasteiger partial charge is 0.385 e. The molecule has 0 saturated carbocycles. The first-order valence-corrected chi connectivity index (χ1v) is 5.09. The van der Waals surface area contributed by atoms with Crippen LogP contribution in [-0.4, -0.2) is 40.0 Å². The smallest absolute Gasteiger partial charge is 0.0480 e. The van der Waals surface area contributed by atoms with Gasteiger partial charge in [0, 0.05) is 33.0 Å². The fraction of sp³-hybridized carbons (Fsp3) is 1.00. The molecule has 3 nitrogen and oxygen atoms in total. The number of hydrogen-bond acceptors (Lipinski definition) is 3. The maximum absolute atomic E-state index is 5.30. The van der Waals surface area contributed by atoms with E-state index in [0.29, 0.717) is 6.04 Å². The van der Waals surface area contributed by atoms with Crippen LogP contribution < -0.4 is 5.32 Å². The molecule has 0 heterocycles. The molecule has 1 unspecified atom stereocenters. The molecule has 0 bridgehead atoms. The van der Waals surface area contributed by atoms with Crippen LogP contribution in [0.15, 0.2) is 0 Å². The molecule has 1 N–H and O–H groups in total. The zero-order valence-electron chi connectivity index (χ0n) is 9.14. The maximum atomic E-state index is 5.30. The van der Waals surface area contributed by atoms with Gasteiger partial charge < -0.3 is 14.8 Å². The number of rotatable bonds is 9. The Kier molecular flexibility index (Phi) is 9.87. The molecule has 0 aromatic rings. The van der Waals surface area contributed by atoms with Crippen molar-refractivity contribution in [1.29, 1.82) is 0 Å². The summed E-state index contributed by atoms with van der Waals surface area (Å²) in [5, 5.41) is 3.28. The second-order valence-electron chi connectivity index (χ2n) is 3.11. The molecule has 0 saturated heterocycles. The number of hydrogen-bond donors (Lipinski definition) is 1. The summed E-state index contributed by atoms with van der Waals surface area (Å²) in [5.74, 6) is 0. The molecule has 1 atom stereocenters. The topological polar surface area (TPSA) is 30.5 Å². The van der Waals surface area contributed by atoms with E-state index >= 15 is 0 Å². The lowest BCUT2D eigenvalue weighted by Crippen LogP contribution is -2.27. The van der Waals surface area contributed by atoms with Gasteiger partial charge in [-0.1, -0.05) is 0 Å². The Morgan fingerprint density at radius 2 is 2.00 bits per heavy atom. The Bertz CT molecular complexity index is 88.9. The summed E-state index contributed by atoms with van der Waals surface area (Å²) < 4.78 is 10.3. The van der Waals surface area contributed by atoms with Crippen molar-refractivity contribution < 1.29 is 9.47 Å². The quantitative estimate of drug-likeness (QED) is 0.557. The third-order valence-electron chi connectivity index (χ3n) is 2.12. The predicted molar refractivity (Wildman–Crippen MR) is 55.1 cm³/mol. The molecule has 0 amide bonds. The van der Waals surface area contributed by atoms with Gasteiger partial charge in [-0.25, -0.2) is 0 Å². The number of methoxy groups -OCH3 is 1. The second-order valence-corrected chi connectivity index (χ2v) is 3.11. The lowest BCUT2D eigenvalue weighted by molar-refractivity contribution is 0.133. The summed E-state index contributed by atoms with van der Waals surface area (Å²) in [6.07, 6.45) is 3.37. The van der Waals surface area contributed by atoms with Gasteiger partial charge in [-0.2, -0.15) is 0 Å². The molecule has 0 fully saturated rings. The summed E-state index contributed by atoms with van der Waals surface area (Å²) in [5.41, 5.74) is 0.